The van der Waals surface area contributed by atoms with Crippen molar-refractivity contribution in [2.45, 2.75) is 28.9 Å². The first-order valence-corrected chi connectivity index (χ1v) is 12.5. The molecular formula is C20H23FN2O6S2. The molecule has 0 aromatic heterocycles. The molecule has 1 aliphatic heterocycles. The summed E-state index contributed by atoms with van der Waals surface area (Å²) in [5.41, 5.74) is 0.265. The number of ether oxygens (including phenoxy) is 1. The highest BCUT2D eigenvalue weighted by atomic mass is 32.2. The van der Waals surface area contributed by atoms with Crippen molar-refractivity contribution in [2.24, 2.45) is 0 Å². The summed E-state index contributed by atoms with van der Waals surface area (Å²) in [5, 5.41) is 1.92. The number of sulfone groups is 1. The van der Waals surface area contributed by atoms with E-state index in [-0.39, 0.29) is 42.4 Å². The fraction of sp³-hybridized carbons (Fsp3) is 0.350. The van der Waals surface area contributed by atoms with Crippen molar-refractivity contribution >= 4 is 31.5 Å². The molecule has 2 aromatic carbocycles. The van der Waals surface area contributed by atoms with Gasteiger partial charge in [-0.2, -0.15) is 4.31 Å². The van der Waals surface area contributed by atoms with Crippen LogP contribution in [0, 0.1) is 5.82 Å². The quantitative estimate of drug-likeness (QED) is 0.694. The largest absolute Gasteiger partial charge is 0.379 e. The first-order valence-electron chi connectivity index (χ1n) is 9.56. The van der Waals surface area contributed by atoms with Crippen LogP contribution >= 0.6 is 0 Å². The summed E-state index contributed by atoms with van der Waals surface area (Å²) in [6.45, 7) is 3.80. The van der Waals surface area contributed by atoms with Crippen molar-refractivity contribution in [3.05, 3.63) is 53.8 Å². The Labute approximate surface area is 181 Å². The van der Waals surface area contributed by atoms with E-state index in [4.69, 9.17) is 4.74 Å². The van der Waals surface area contributed by atoms with Crippen LogP contribution in [0.1, 0.15) is 24.2 Å². The molecule has 31 heavy (non-hydrogen) atoms. The predicted octanol–water partition coefficient (Wildman–Crippen LogP) is 2.28. The van der Waals surface area contributed by atoms with Gasteiger partial charge in [-0.25, -0.2) is 21.2 Å². The lowest BCUT2D eigenvalue weighted by Gasteiger charge is -2.26. The Kier molecular flexibility index (Phi) is 6.79. The van der Waals surface area contributed by atoms with Gasteiger partial charge in [0.15, 0.2) is 9.84 Å². The van der Waals surface area contributed by atoms with E-state index in [1.165, 1.54) is 30.3 Å². The second-order valence-corrected chi connectivity index (χ2v) is 11.6. The second kappa shape index (κ2) is 9.03. The summed E-state index contributed by atoms with van der Waals surface area (Å²) in [6.07, 6.45) is 0. The Morgan fingerprint density at radius 1 is 1.03 bits per heavy atom. The number of rotatable bonds is 6. The topological polar surface area (TPSA) is 110 Å². The maximum absolute atomic E-state index is 14.3. The van der Waals surface area contributed by atoms with Gasteiger partial charge in [-0.3, -0.25) is 4.79 Å². The maximum Gasteiger partial charge on any atom is 0.255 e. The van der Waals surface area contributed by atoms with Gasteiger partial charge in [0.2, 0.25) is 10.0 Å². The van der Waals surface area contributed by atoms with Gasteiger partial charge in [-0.15, -0.1) is 0 Å². The van der Waals surface area contributed by atoms with Gasteiger partial charge in [0, 0.05) is 24.3 Å². The molecule has 168 valence electrons. The van der Waals surface area contributed by atoms with Gasteiger partial charge >= 0.3 is 0 Å². The monoisotopic (exact) mass is 470 g/mol. The predicted molar refractivity (Wildman–Crippen MR) is 113 cm³/mol. The highest BCUT2D eigenvalue weighted by Crippen LogP contribution is 2.24. The fourth-order valence-electron chi connectivity index (χ4n) is 2.98. The molecule has 0 radical (unpaired) electrons. The molecule has 0 aliphatic carbocycles. The lowest BCUT2D eigenvalue weighted by molar-refractivity contribution is 0.0729. The van der Waals surface area contributed by atoms with Crippen molar-refractivity contribution in [1.29, 1.82) is 0 Å². The van der Waals surface area contributed by atoms with Gasteiger partial charge in [0.1, 0.15) is 10.7 Å². The van der Waals surface area contributed by atoms with Gasteiger partial charge < -0.3 is 10.1 Å². The van der Waals surface area contributed by atoms with Crippen LogP contribution in [0.2, 0.25) is 0 Å². The van der Waals surface area contributed by atoms with Crippen LogP contribution in [-0.2, 0) is 24.6 Å². The van der Waals surface area contributed by atoms with Crippen LogP contribution in [0.4, 0.5) is 10.1 Å². The molecule has 11 heteroatoms. The van der Waals surface area contributed by atoms with Crippen LogP contribution in [0.15, 0.2) is 52.3 Å². The third kappa shape index (κ3) is 4.95. The molecule has 0 spiro atoms. The zero-order chi connectivity index (χ0) is 22.8. The molecule has 1 heterocycles. The summed E-state index contributed by atoms with van der Waals surface area (Å²) >= 11 is 0. The van der Waals surface area contributed by atoms with Crippen LogP contribution < -0.4 is 5.32 Å². The van der Waals surface area contributed by atoms with E-state index in [1.54, 1.807) is 13.8 Å². The molecule has 1 fully saturated rings. The molecule has 0 bridgehead atoms. The number of nitrogens with zero attached hydrogens (tertiary/aromatic N) is 1. The molecule has 2 aromatic rings. The molecule has 0 saturated carbocycles. The molecule has 1 saturated heterocycles. The number of sulfonamides is 1. The Bertz CT molecular complexity index is 1170. The maximum atomic E-state index is 14.3. The van der Waals surface area contributed by atoms with Crippen molar-refractivity contribution in [1.82, 2.24) is 4.31 Å². The Morgan fingerprint density at radius 3 is 2.23 bits per heavy atom. The Morgan fingerprint density at radius 2 is 1.65 bits per heavy atom. The number of halogens is 1. The zero-order valence-electron chi connectivity index (χ0n) is 17.0. The minimum Gasteiger partial charge on any atom is -0.379 e. The van der Waals surface area contributed by atoms with E-state index in [0.29, 0.717) is 0 Å². The average molecular weight is 471 g/mol. The Balaban J connectivity index is 1.82. The lowest BCUT2D eigenvalue weighted by Crippen LogP contribution is -2.40. The molecular weight excluding hydrogens is 447 g/mol. The molecule has 1 amide bonds. The number of carbonyl (C=O) groups is 1. The first kappa shape index (κ1) is 23.3. The highest BCUT2D eigenvalue weighted by Gasteiger charge is 2.29. The molecule has 0 unspecified atom stereocenters. The molecule has 1 aliphatic rings. The number of nitrogens with one attached hydrogen (secondary N) is 1. The molecule has 3 rings (SSSR count). The van der Waals surface area contributed by atoms with E-state index in [1.807, 2.05) is 0 Å². The molecule has 8 nitrogen and oxygen atoms in total. The van der Waals surface area contributed by atoms with Crippen molar-refractivity contribution in [3.63, 3.8) is 0 Å². The van der Waals surface area contributed by atoms with Gasteiger partial charge in [0.25, 0.3) is 5.91 Å². The summed E-state index contributed by atoms with van der Waals surface area (Å²) in [6, 6.07) is 8.69. The number of hydrogen-bond donors (Lipinski definition) is 1. The standard InChI is InChI=1S/C20H23FN2O6S2/c1-14(2)30(25,26)17-6-3-15(4-7-17)20(24)22-16-5-8-18(21)19(13-16)31(27,28)23-9-11-29-12-10-23/h3-8,13-14H,9-12H2,1-2H3,(H,22,24). The number of anilines is 1. The second-order valence-electron chi connectivity index (χ2n) is 7.23. The van der Waals surface area contributed by atoms with Crippen molar-refractivity contribution in [2.75, 3.05) is 31.6 Å². The average Bonchev–Trinajstić information content (AvgIpc) is 2.75. The number of carbonyl (C=O) groups excluding carboxylic acids is 1. The minimum atomic E-state index is -4.09. The SMILES string of the molecule is CC(C)S(=O)(=O)c1ccc(C(=O)Nc2ccc(F)c(S(=O)(=O)N3CCOCC3)c2)cc1. The normalized spacial score (nSPS) is 15.7. The van der Waals surface area contributed by atoms with E-state index in [0.717, 1.165) is 16.4 Å². The summed E-state index contributed by atoms with van der Waals surface area (Å²) in [4.78, 5) is 12.1. The van der Waals surface area contributed by atoms with Gasteiger partial charge in [-0.05, 0) is 56.3 Å². The summed E-state index contributed by atoms with van der Waals surface area (Å²) in [5.74, 6) is -1.51. The smallest absolute Gasteiger partial charge is 0.255 e. The van der Waals surface area contributed by atoms with Crippen molar-refractivity contribution < 1.29 is 30.8 Å². The van der Waals surface area contributed by atoms with Gasteiger partial charge in [0.05, 0.1) is 23.4 Å². The van der Waals surface area contributed by atoms with Crippen LogP contribution in [0.3, 0.4) is 0 Å². The van der Waals surface area contributed by atoms with E-state index in [9.17, 15) is 26.0 Å². The van der Waals surface area contributed by atoms with Crippen LogP contribution in [-0.4, -0.2) is 58.6 Å². The van der Waals surface area contributed by atoms with Crippen LogP contribution in [0.25, 0.3) is 0 Å². The van der Waals surface area contributed by atoms with Crippen LogP contribution in [0.5, 0.6) is 0 Å². The lowest BCUT2D eigenvalue weighted by atomic mass is 10.2. The zero-order valence-corrected chi connectivity index (χ0v) is 18.7. The number of benzene rings is 2. The fourth-order valence-corrected chi connectivity index (χ4v) is 5.53. The van der Waals surface area contributed by atoms with Gasteiger partial charge in [-0.1, -0.05) is 0 Å². The summed E-state index contributed by atoms with van der Waals surface area (Å²) in [7, 11) is -7.55. The number of amides is 1. The number of morpholine rings is 1. The third-order valence-electron chi connectivity index (χ3n) is 4.84. The highest BCUT2D eigenvalue weighted by molar-refractivity contribution is 7.92. The first-order chi connectivity index (χ1) is 14.5. The van der Waals surface area contributed by atoms with E-state index >= 15 is 0 Å². The molecule has 0 atom stereocenters. The minimum absolute atomic E-state index is 0.0945. The third-order valence-corrected chi connectivity index (χ3v) is 8.93. The van der Waals surface area contributed by atoms with E-state index < -0.39 is 41.7 Å². The summed E-state index contributed by atoms with van der Waals surface area (Å²) < 4.78 is 70.5. The van der Waals surface area contributed by atoms with Crippen molar-refractivity contribution in [3.8, 4) is 0 Å². The Hall–Kier alpha value is -2.34. The van der Waals surface area contributed by atoms with E-state index in [2.05, 4.69) is 5.32 Å². The number of hydrogen-bond acceptors (Lipinski definition) is 6. The molecule has 1 N–H and O–H groups in total.